The number of hydrogen-bond acceptors (Lipinski definition) is 6. The Hall–Kier alpha value is -1.56. The summed E-state index contributed by atoms with van der Waals surface area (Å²) in [6, 6.07) is 2.39. The lowest BCUT2D eigenvalue weighted by Crippen LogP contribution is -2.31. The van der Waals surface area contributed by atoms with Gasteiger partial charge in [-0.25, -0.2) is 0 Å². The summed E-state index contributed by atoms with van der Waals surface area (Å²) in [6.45, 7) is 1.95. The van der Waals surface area contributed by atoms with Gasteiger partial charge in [-0.15, -0.1) is 0 Å². The fourth-order valence-electron chi connectivity index (χ4n) is 2.07. The average Bonchev–Trinajstić information content (AvgIpc) is 2.77. The molecule has 0 spiro atoms. The maximum absolute atomic E-state index is 5.66. The molecular formula is C11H19N5O. The van der Waals surface area contributed by atoms with Crippen LogP contribution < -0.4 is 15.4 Å². The SMILES string of the molecule is COc1cc(N2CCC(N(C)C)C2)nc(N)n1. The number of anilines is 2. The van der Waals surface area contributed by atoms with E-state index in [0.717, 1.165) is 25.3 Å². The summed E-state index contributed by atoms with van der Waals surface area (Å²) >= 11 is 0. The van der Waals surface area contributed by atoms with E-state index in [1.54, 1.807) is 7.11 Å². The molecule has 1 aliphatic heterocycles. The minimum absolute atomic E-state index is 0.257. The van der Waals surface area contributed by atoms with Gasteiger partial charge in [0.2, 0.25) is 11.8 Å². The summed E-state index contributed by atoms with van der Waals surface area (Å²) in [6.07, 6.45) is 1.14. The van der Waals surface area contributed by atoms with Gasteiger partial charge in [-0.1, -0.05) is 0 Å². The van der Waals surface area contributed by atoms with Crippen molar-refractivity contribution < 1.29 is 4.74 Å². The topological polar surface area (TPSA) is 67.5 Å². The number of aromatic nitrogens is 2. The summed E-state index contributed by atoms with van der Waals surface area (Å²) in [5.41, 5.74) is 5.66. The zero-order valence-electron chi connectivity index (χ0n) is 10.6. The minimum atomic E-state index is 0.257. The molecule has 17 heavy (non-hydrogen) atoms. The van der Waals surface area contributed by atoms with Crippen LogP contribution in [0.25, 0.3) is 0 Å². The summed E-state index contributed by atoms with van der Waals surface area (Å²) in [4.78, 5) is 12.7. The van der Waals surface area contributed by atoms with Crippen LogP contribution in [0.4, 0.5) is 11.8 Å². The van der Waals surface area contributed by atoms with Crippen molar-refractivity contribution in [2.75, 3.05) is 44.9 Å². The Morgan fingerprint density at radius 1 is 1.47 bits per heavy atom. The normalized spacial score (nSPS) is 20.0. The number of nitrogen functional groups attached to an aromatic ring is 1. The lowest BCUT2D eigenvalue weighted by Gasteiger charge is -2.21. The fraction of sp³-hybridized carbons (Fsp3) is 0.636. The molecule has 6 heteroatoms. The van der Waals surface area contributed by atoms with Gasteiger partial charge in [0.25, 0.3) is 0 Å². The molecule has 1 fully saturated rings. The van der Waals surface area contributed by atoms with E-state index in [1.165, 1.54) is 0 Å². The Kier molecular flexibility index (Phi) is 3.33. The first kappa shape index (κ1) is 11.9. The van der Waals surface area contributed by atoms with Gasteiger partial charge in [-0.3, -0.25) is 0 Å². The largest absolute Gasteiger partial charge is 0.481 e. The average molecular weight is 237 g/mol. The van der Waals surface area contributed by atoms with Crippen LogP contribution in [0.3, 0.4) is 0 Å². The Labute approximate surface area is 101 Å². The van der Waals surface area contributed by atoms with Gasteiger partial charge < -0.3 is 20.3 Å². The zero-order chi connectivity index (χ0) is 12.4. The first-order valence-corrected chi connectivity index (χ1v) is 5.70. The molecule has 2 heterocycles. The van der Waals surface area contributed by atoms with Gasteiger partial charge in [0.15, 0.2) is 0 Å². The molecule has 1 aliphatic rings. The summed E-state index contributed by atoms with van der Waals surface area (Å²) < 4.78 is 5.10. The second-order valence-corrected chi connectivity index (χ2v) is 4.48. The second kappa shape index (κ2) is 4.75. The fourth-order valence-corrected chi connectivity index (χ4v) is 2.07. The third-order valence-corrected chi connectivity index (χ3v) is 3.13. The maximum Gasteiger partial charge on any atom is 0.225 e. The van der Waals surface area contributed by atoms with E-state index in [0.29, 0.717) is 11.9 Å². The first-order chi connectivity index (χ1) is 8.10. The first-order valence-electron chi connectivity index (χ1n) is 5.70. The molecule has 1 aromatic heterocycles. The van der Waals surface area contributed by atoms with E-state index >= 15 is 0 Å². The molecule has 6 nitrogen and oxygen atoms in total. The maximum atomic E-state index is 5.66. The number of ether oxygens (including phenoxy) is 1. The molecule has 1 saturated heterocycles. The summed E-state index contributed by atoms with van der Waals surface area (Å²) in [5.74, 6) is 1.62. The van der Waals surface area contributed by atoms with E-state index in [4.69, 9.17) is 10.5 Å². The van der Waals surface area contributed by atoms with Crippen LogP contribution >= 0.6 is 0 Å². The van der Waals surface area contributed by atoms with Gasteiger partial charge in [-0.2, -0.15) is 9.97 Å². The molecule has 0 radical (unpaired) electrons. The smallest absolute Gasteiger partial charge is 0.225 e. The van der Waals surface area contributed by atoms with Crippen LogP contribution in [0.5, 0.6) is 5.88 Å². The van der Waals surface area contributed by atoms with Crippen molar-refractivity contribution >= 4 is 11.8 Å². The van der Waals surface area contributed by atoms with Gasteiger partial charge in [0.1, 0.15) is 5.82 Å². The van der Waals surface area contributed by atoms with Crippen LogP contribution in [-0.4, -0.2) is 55.2 Å². The third kappa shape index (κ3) is 2.58. The highest BCUT2D eigenvalue weighted by Crippen LogP contribution is 2.23. The summed E-state index contributed by atoms with van der Waals surface area (Å²) in [5, 5.41) is 0. The highest BCUT2D eigenvalue weighted by molar-refractivity contribution is 5.46. The Morgan fingerprint density at radius 2 is 2.24 bits per heavy atom. The highest BCUT2D eigenvalue weighted by atomic mass is 16.5. The number of nitrogens with zero attached hydrogens (tertiary/aromatic N) is 4. The standard InChI is InChI=1S/C11H19N5O/c1-15(2)8-4-5-16(7-8)9-6-10(17-3)14-11(12)13-9/h6,8H,4-5,7H2,1-3H3,(H2,12,13,14). The molecule has 0 saturated carbocycles. The second-order valence-electron chi connectivity index (χ2n) is 4.48. The molecule has 0 aliphatic carbocycles. The predicted octanol–water partition coefficient (Wildman–Crippen LogP) is 0.208. The quantitative estimate of drug-likeness (QED) is 0.810. The van der Waals surface area contributed by atoms with Crippen molar-refractivity contribution in [2.45, 2.75) is 12.5 Å². The molecule has 2 rings (SSSR count). The van der Waals surface area contributed by atoms with E-state index < -0.39 is 0 Å². The molecule has 0 amide bonds. The monoisotopic (exact) mass is 237 g/mol. The van der Waals surface area contributed by atoms with Crippen molar-refractivity contribution in [3.63, 3.8) is 0 Å². The lowest BCUT2D eigenvalue weighted by atomic mass is 10.2. The van der Waals surface area contributed by atoms with Crippen molar-refractivity contribution in [1.82, 2.24) is 14.9 Å². The summed E-state index contributed by atoms with van der Waals surface area (Å²) in [7, 11) is 5.78. The van der Waals surface area contributed by atoms with Crippen LogP contribution in [0.1, 0.15) is 6.42 Å². The molecule has 1 aromatic rings. The predicted molar refractivity (Wildman–Crippen MR) is 67.3 cm³/mol. The zero-order valence-corrected chi connectivity index (χ0v) is 10.6. The van der Waals surface area contributed by atoms with E-state index in [9.17, 15) is 0 Å². The number of methoxy groups -OCH3 is 1. The van der Waals surface area contributed by atoms with Crippen LogP contribution in [0.15, 0.2) is 6.07 Å². The van der Waals surface area contributed by atoms with Crippen LogP contribution in [0.2, 0.25) is 0 Å². The Morgan fingerprint density at radius 3 is 2.82 bits per heavy atom. The number of likely N-dealkylation sites (N-methyl/N-ethyl adjacent to an activating group) is 1. The van der Waals surface area contributed by atoms with Crippen molar-refractivity contribution in [3.05, 3.63) is 6.07 Å². The van der Waals surface area contributed by atoms with Gasteiger partial charge in [0, 0.05) is 25.2 Å². The van der Waals surface area contributed by atoms with Gasteiger partial charge in [-0.05, 0) is 20.5 Å². The Balaban J connectivity index is 2.15. The molecule has 1 unspecified atom stereocenters. The molecule has 0 bridgehead atoms. The number of hydrogen-bond donors (Lipinski definition) is 1. The van der Waals surface area contributed by atoms with E-state index in [-0.39, 0.29) is 5.95 Å². The number of nitrogens with two attached hydrogens (primary N) is 1. The highest BCUT2D eigenvalue weighted by Gasteiger charge is 2.25. The van der Waals surface area contributed by atoms with Crippen molar-refractivity contribution in [1.29, 1.82) is 0 Å². The molecule has 2 N–H and O–H groups in total. The van der Waals surface area contributed by atoms with Crippen molar-refractivity contribution in [3.8, 4) is 5.88 Å². The van der Waals surface area contributed by atoms with E-state index in [2.05, 4.69) is 33.9 Å². The molecular weight excluding hydrogens is 218 g/mol. The van der Waals surface area contributed by atoms with Gasteiger partial charge in [0.05, 0.1) is 7.11 Å². The van der Waals surface area contributed by atoms with E-state index in [1.807, 2.05) is 6.07 Å². The minimum Gasteiger partial charge on any atom is -0.481 e. The third-order valence-electron chi connectivity index (χ3n) is 3.13. The number of rotatable bonds is 3. The van der Waals surface area contributed by atoms with Gasteiger partial charge >= 0.3 is 0 Å². The molecule has 0 aromatic carbocycles. The lowest BCUT2D eigenvalue weighted by molar-refractivity contribution is 0.315. The van der Waals surface area contributed by atoms with Crippen LogP contribution in [0, 0.1) is 0 Å². The van der Waals surface area contributed by atoms with Crippen LogP contribution in [-0.2, 0) is 0 Å². The molecule has 1 atom stereocenters. The molecule has 94 valence electrons. The Bertz CT molecular complexity index is 395. The van der Waals surface area contributed by atoms with Crippen molar-refractivity contribution in [2.24, 2.45) is 0 Å².